The van der Waals surface area contributed by atoms with Crippen LogP contribution in [0.25, 0.3) is 28.0 Å². The number of hydrogen-bond donors (Lipinski definition) is 0. The van der Waals surface area contributed by atoms with Crippen molar-refractivity contribution in [3.63, 3.8) is 0 Å². The predicted octanol–water partition coefficient (Wildman–Crippen LogP) is 5.55. The number of esters is 1. The first-order valence-electron chi connectivity index (χ1n) is 15.4. The van der Waals surface area contributed by atoms with Gasteiger partial charge in [0.1, 0.15) is 34.4 Å². The second-order valence-electron chi connectivity index (χ2n) is 12.9. The van der Waals surface area contributed by atoms with Crippen LogP contribution in [0.1, 0.15) is 84.2 Å². The van der Waals surface area contributed by atoms with Gasteiger partial charge in [0.25, 0.3) is 0 Å². The number of nitriles is 1. The highest BCUT2D eigenvalue weighted by molar-refractivity contribution is 5.83. The molecule has 6 rings (SSSR count). The molecule has 0 unspecified atom stereocenters. The molecule has 228 valence electrons. The van der Waals surface area contributed by atoms with Crippen molar-refractivity contribution in [2.75, 3.05) is 18.0 Å². The van der Waals surface area contributed by atoms with Gasteiger partial charge in [0.2, 0.25) is 0 Å². The second-order valence-corrected chi connectivity index (χ2v) is 12.9. The fourth-order valence-corrected chi connectivity index (χ4v) is 6.26. The van der Waals surface area contributed by atoms with Gasteiger partial charge >= 0.3 is 5.97 Å². The first-order valence-corrected chi connectivity index (χ1v) is 15.4. The third-order valence-corrected chi connectivity index (χ3v) is 8.98. The van der Waals surface area contributed by atoms with Crippen LogP contribution in [0, 0.1) is 16.7 Å². The molecule has 0 atom stereocenters. The van der Waals surface area contributed by atoms with Crippen LogP contribution in [0.2, 0.25) is 0 Å². The van der Waals surface area contributed by atoms with Gasteiger partial charge in [-0.3, -0.25) is 14.3 Å². The lowest BCUT2D eigenvalue weighted by molar-refractivity contribution is -0.169. The maximum atomic E-state index is 13.1. The van der Waals surface area contributed by atoms with Gasteiger partial charge in [-0.2, -0.15) is 15.5 Å². The molecule has 4 aromatic heterocycles. The van der Waals surface area contributed by atoms with Crippen LogP contribution in [0.15, 0.2) is 43.1 Å². The number of fused-ring (bicyclic) bond motifs is 1. The molecular formula is C33H38N8O3. The summed E-state index contributed by atoms with van der Waals surface area (Å²) < 4.78 is 9.39. The van der Waals surface area contributed by atoms with E-state index >= 15 is 0 Å². The van der Waals surface area contributed by atoms with E-state index in [2.05, 4.69) is 28.1 Å². The van der Waals surface area contributed by atoms with Crippen LogP contribution in [0.5, 0.6) is 0 Å². The highest BCUT2D eigenvalue weighted by Gasteiger charge is 2.43. The molecule has 0 amide bonds. The number of piperidine rings is 1. The molecule has 0 radical (unpaired) electrons. The number of carbonyl (C=O) groups excluding carboxylic acids is 2. The van der Waals surface area contributed by atoms with E-state index < -0.39 is 11.0 Å². The van der Waals surface area contributed by atoms with E-state index in [1.165, 1.54) is 0 Å². The zero-order valence-corrected chi connectivity index (χ0v) is 25.8. The number of ether oxygens (including phenoxy) is 1. The van der Waals surface area contributed by atoms with Crippen LogP contribution in [0.4, 0.5) is 5.82 Å². The molecule has 11 heteroatoms. The number of ketones is 1. The first-order chi connectivity index (χ1) is 21.1. The summed E-state index contributed by atoms with van der Waals surface area (Å²) in [6.45, 7) is 9.20. The molecule has 0 spiro atoms. The van der Waals surface area contributed by atoms with E-state index in [1.807, 2.05) is 50.0 Å². The molecule has 4 aromatic rings. The SMILES string of the molecule is CCC1(C(=O)OC(C)(C)C)CCN(c2ccc(-c3nc(-c4cnn(C5CCC(=O)CC5)c4)cn4ncc(C#N)c34)cn2)CC1. The van der Waals surface area contributed by atoms with Crippen LogP contribution >= 0.6 is 0 Å². The molecule has 1 saturated carbocycles. The second kappa shape index (κ2) is 11.5. The van der Waals surface area contributed by atoms with Crippen molar-refractivity contribution in [1.29, 1.82) is 5.26 Å². The zero-order valence-electron chi connectivity index (χ0n) is 25.8. The minimum Gasteiger partial charge on any atom is -0.460 e. The fraction of sp³-hybridized carbons (Fsp3) is 0.485. The van der Waals surface area contributed by atoms with Crippen LogP contribution in [-0.4, -0.2) is 59.8 Å². The lowest BCUT2D eigenvalue weighted by atomic mass is 9.76. The van der Waals surface area contributed by atoms with E-state index in [9.17, 15) is 14.9 Å². The third kappa shape index (κ3) is 5.68. The summed E-state index contributed by atoms with van der Waals surface area (Å²) in [6.07, 6.45) is 13.8. The monoisotopic (exact) mass is 594 g/mol. The van der Waals surface area contributed by atoms with E-state index in [1.54, 1.807) is 23.1 Å². The number of aromatic nitrogens is 6. The van der Waals surface area contributed by atoms with E-state index in [0.717, 1.165) is 36.2 Å². The minimum atomic E-state index is -0.511. The Morgan fingerprint density at radius 1 is 1.07 bits per heavy atom. The van der Waals surface area contributed by atoms with Crippen molar-refractivity contribution < 1.29 is 14.3 Å². The summed E-state index contributed by atoms with van der Waals surface area (Å²) in [5, 5.41) is 18.8. The molecule has 11 nitrogen and oxygen atoms in total. The van der Waals surface area contributed by atoms with Crippen LogP contribution < -0.4 is 4.90 Å². The molecule has 1 saturated heterocycles. The molecule has 0 bridgehead atoms. The Morgan fingerprint density at radius 3 is 2.45 bits per heavy atom. The summed E-state index contributed by atoms with van der Waals surface area (Å²) in [4.78, 5) is 36.8. The summed E-state index contributed by atoms with van der Waals surface area (Å²) in [5.74, 6) is 1.03. The van der Waals surface area contributed by atoms with Gasteiger partial charge in [-0.05, 0) is 65.0 Å². The smallest absolute Gasteiger partial charge is 0.312 e. The standard InChI is InChI=1S/C33H38N8O3/c1-5-33(31(43)44-32(2,3)4)12-14-39(15-13-33)28-11-6-22(17-35-28)29-30-23(16-34)18-37-41(30)21-27(38-29)24-19-36-40(20-24)25-7-9-26(42)10-8-25/h6,11,17-21,25H,5,7-10,12-15H2,1-4H3. The maximum Gasteiger partial charge on any atom is 0.312 e. The van der Waals surface area contributed by atoms with E-state index in [0.29, 0.717) is 67.0 Å². The summed E-state index contributed by atoms with van der Waals surface area (Å²) >= 11 is 0. The number of nitrogens with zero attached hydrogens (tertiary/aromatic N) is 8. The van der Waals surface area contributed by atoms with Crippen LogP contribution in [0.3, 0.4) is 0 Å². The van der Waals surface area contributed by atoms with Crippen molar-refractivity contribution in [3.8, 4) is 28.6 Å². The Kier molecular flexibility index (Phi) is 7.70. The van der Waals surface area contributed by atoms with Crippen molar-refractivity contribution >= 4 is 23.1 Å². The Morgan fingerprint density at radius 2 is 1.82 bits per heavy atom. The number of carbonyl (C=O) groups is 2. The van der Waals surface area contributed by atoms with Crippen molar-refractivity contribution in [2.24, 2.45) is 5.41 Å². The highest BCUT2D eigenvalue weighted by atomic mass is 16.6. The summed E-state index contributed by atoms with van der Waals surface area (Å²) in [7, 11) is 0. The van der Waals surface area contributed by atoms with Gasteiger partial charge in [0, 0.05) is 49.5 Å². The normalized spacial score (nSPS) is 17.5. The Balaban J connectivity index is 1.25. The molecule has 5 heterocycles. The third-order valence-electron chi connectivity index (χ3n) is 8.98. The highest BCUT2D eigenvalue weighted by Crippen LogP contribution is 2.39. The number of Topliss-reactive ketones (excluding diaryl/α,β-unsaturated/α-hetero) is 1. The lowest BCUT2D eigenvalue weighted by Gasteiger charge is -2.41. The lowest BCUT2D eigenvalue weighted by Crippen LogP contribution is -2.46. The number of anilines is 1. The Bertz CT molecular complexity index is 1720. The molecule has 0 aromatic carbocycles. The zero-order chi connectivity index (χ0) is 31.1. The fourth-order valence-electron chi connectivity index (χ4n) is 6.26. The Hall–Kier alpha value is -4.59. The van der Waals surface area contributed by atoms with Crippen molar-refractivity contribution in [3.05, 3.63) is 48.7 Å². The van der Waals surface area contributed by atoms with Crippen molar-refractivity contribution in [2.45, 2.75) is 84.3 Å². The summed E-state index contributed by atoms with van der Waals surface area (Å²) in [5.41, 5.74) is 2.95. The molecule has 2 aliphatic rings. The molecule has 0 N–H and O–H groups in total. The molecule has 2 fully saturated rings. The maximum absolute atomic E-state index is 13.1. The van der Waals surface area contributed by atoms with E-state index in [-0.39, 0.29) is 12.0 Å². The number of pyridine rings is 1. The first kappa shape index (κ1) is 29.5. The molecule has 1 aliphatic heterocycles. The van der Waals surface area contributed by atoms with Crippen LogP contribution in [-0.2, 0) is 14.3 Å². The van der Waals surface area contributed by atoms with Gasteiger partial charge in [-0.25, -0.2) is 14.5 Å². The number of hydrogen-bond acceptors (Lipinski definition) is 9. The minimum absolute atomic E-state index is 0.112. The quantitative estimate of drug-likeness (QED) is 0.264. The topological polar surface area (TPSA) is 131 Å². The van der Waals surface area contributed by atoms with E-state index in [4.69, 9.17) is 14.7 Å². The molecule has 1 aliphatic carbocycles. The summed E-state index contributed by atoms with van der Waals surface area (Å²) in [6, 6.07) is 6.37. The average molecular weight is 595 g/mol. The van der Waals surface area contributed by atoms with Gasteiger partial charge in [0.15, 0.2) is 0 Å². The number of rotatable bonds is 6. The Labute approximate surface area is 256 Å². The average Bonchev–Trinajstić information content (AvgIpc) is 3.68. The molecular weight excluding hydrogens is 556 g/mol. The van der Waals surface area contributed by atoms with Gasteiger partial charge in [0.05, 0.1) is 41.4 Å². The van der Waals surface area contributed by atoms with Crippen molar-refractivity contribution in [1.82, 2.24) is 29.4 Å². The van der Waals surface area contributed by atoms with Gasteiger partial charge in [-0.1, -0.05) is 6.92 Å². The largest absolute Gasteiger partial charge is 0.460 e. The van der Waals surface area contributed by atoms with Gasteiger partial charge < -0.3 is 9.64 Å². The van der Waals surface area contributed by atoms with Gasteiger partial charge in [-0.15, -0.1) is 0 Å². The molecule has 44 heavy (non-hydrogen) atoms. The predicted molar refractivity (Wildman–Crippen MR) is 165 cm³/mol.